The maximum atomic E-state index is 11.0. The van der Waals surface area contributed by atoms with Gasteiger partial charge in [-0.1, -0.05) is 0 Å². The topological polar surface area (TPSA) is 64.0 Å². The number of piperazine rings is 1. The number of aliphatic hydroxyl groups is 1. The minimum Gasteiger partial charge on any atom is -0.465 e. The first-order valence-electron chi connectivity index (χ1n) is 5.66. The molecular weight excluding hydrogens is 208 g/mol. The van der Waals surface area contributed by atoms with E-state index >= 15 is 0 Å². The zero-order valence-corrected chi connectivity index (χ0v) is 10.5. The molecule has 2 unspecified atom stereocenters. The summed E-state index contributed by atoms with van der Waals surface area (Å²) in [7, 11) is 0. The second-order valence-electron chi connectivity index (χ2n) is 5.33. The molecule has 16 heavy (non-hydrogen) atoms. The fourth-order valence-electron chi connectivity index (χ4n) is 2.41. The van der Waals surface area contributed by atoms with Crippen LogP contribution in [0.4, 0.5) is 4.79 Å². The molecular formula is C11H22N2O3. The quantitative estimate of drug-likeness (QED) is 0.700. The Hall–Kier alpha value is -0.810. The monoisotopic (exact) mass is 230 g/mol. The molecule has 1 heterocycles. The summed E-state index contributed by atoms with van der Waals surface area (Å²) in [5.74, 6) is 0. The number of amides is 1. The number of rotatable bonds is 1. The van der Waals surface area contributed by atoms with Gasteiger partial charge in [-0.15, -0.1) is 0 Å². The molecule has 94 valence electrons. The third kappa shape index (κ3) is 2.47. The highest BCUT2D eigenvalue weighted by molar-refractivity contribution is 5.65. The van der Waals surface area contributed by atoms with E-state index in [4.69, 9.17) is 5.11 Å². The summed E-state index contributed by atoms with van der Waals surface area (Å²) in [4.78, 5) is 14.6. The Labute approximate surface area is 96.7 Å². The summed E-state index contributed by atoms with van der Waals surface area (Å²) in [6.45, 7) is 9.27. The first-order valence-corrected chi connectivity index (χ1v) is 5.66. The summed E-state index contributed by atoms with van der Waals surface area (Å²) in [5.41, 5.74) is -0.0494. The molecule has 5 heteroatoms. The van der Waals surface area contributed by atoms with E-state index in [1.54, 1.807) is 0 Å². The molecule has 0 aromatic rings. The van der Waals surface area contributed by atoms with Crippen molar-refractivity contribution in [2.45, 2.75) is 45.3 Å². The second kappa shape index (κ2) is 4.59. The zero-order valence-electron chi connectivity index (χ0n) is 10.5. The van der Waals surface area contributed by atoms with E-state index in [1.165, 1.54) is 4.90 Å². The standard InChI is InChI=1S/C11H22N2O3/c1-8-9(7-14)13(11(2,3)4)6-5-12(8)10(15)16/h8-9,14H,5-7H2,1-4H3,(H,15,16). The van der Waals surface area contributed by atoms with Crippen LogP contribution in [0.15, 0.2) is 0 Å². The Balaban J connectivity index is 2.86. The molecule has 0 radical (unpaired) electrons. The van der Waals surface area contributed by atoms with Gasteiger partial charge in [0.25, 0.3) is 0 Å². The van der Waals surface area contributed by atoms with Gasteiger partial charge >= 0.3 is 6.09 Å². The first kappa shape index (κ1) is 13.3. The van der Waals surface area contributed by atoms with Gasteiger partial charge in [0.15, 0.2) is 0 Å². The van der Waals surface area contributed by atoms with Crippen molar-refractivity contribution in [1.82, 2.24) is 9.80 Å². The summed E-state index contributed by atoms with van der Waals surface area (Å²) < 4.78 is 0. The summed E-state index contributed by atoms with van der Waals surface area (Å²) in [6.07, 6.45) is -0.903. The lowest BCUT2D eigenvalue weighted by Crippen LogP contribution is -2.65. The highest BCUT2D eigenvalue weighted by Crippen LogP contribution is 2.24. The van der Waals surface area contributed by atoms with Gasteiger partial charge in [0.05, 0.1) is 18.7 Å². The van der Waals surface area contributed by atoms with E-state index < -0.39 is 6.09 Å². The van der Waals surface area contributed by atoms with E-state index in [0.29, 0.717) is 13.1 Å². The first-order chi connectivity index (χ1) is 7.29. The fraction of sp³-hybridized carbons (Fsp3) is 0.909. The smallest absolute Gasteiger partial charge is 0.407 e. The molecule has 0 bridgehead atoms. The normalized spacial score (nSPS) is 28.2. The Morgan fingerprint density at radius 1 is 1.38 bits per heavy atom. The van der Waals surface area contributed by atoms with Crippen LogP contribution in [0.5, 0.6) is 0 Å². The van der Waals surface area contributed by atoms with Gasteiger partial charge in [-0.2, -0.15) is 0 Å². The predicted octanol–water partition coefficient (Wildman–Crippen LogP) is 0.830. The molecule has 2 N–H and O–H groups in total. The molecule has 1 rings (SSSR count). The Kier molecular flexibility index (Phi) is 3.80. The SMILES string of the molecule is CC1C(CO)N(C(C)(C)C)CCN1C(=O)O. The van der Waals surface area contributed by atoms with Crippen LogP contribution in [0, 0.1) is 0 Å². The summed E-state index contributed by atoms with van der Waals surface area (Å²) in [6, 6.07) is -0.291. The second-order valence-corrected chi connectivity index (χ2v) is 5.33. The number of carboxylic acid groups (broad SMARTS) is 1. The van der Waals surface area contributed by atoms with Crippen molar-refractivity contribution >= 4 is 6.09 Å². The van der Waals surface area contributed by atoms with Crippen molar-refractivity contribution in [1.29, 1.82) is 0 Å². The van der Waals surface area contributed by atoms with Gasteiger partial charge in [-0.3, -0.25) is 4.90 Å². The highest BCUT2D eigenvalue weighted by atomic mass is 16.4. The van der Waals surface area contributed by atoms with E-state index in [2.05, 4.69) is 25.7 Å². The Bertz CT molecular complexity index is 262. The van der Waals surface area contributed by atoms with Crippen molar-refractivity contribution in [3.63, 3.8) is 0 Å². The van der Waals surface area contributed by atoms with Crippen LogP contribution < -0.4 is 0 Å². The van der Waals surface area contributed by atoms with E-state index in [1.807, 2.05) is 6.92 Å². The molecule has 1 saturated heterocycles. The molecule has 0 saturated carbocycles. The van der Waals surface area contributed by atoms with Crippen molar-refractivity contribution < 1.29 is 15.0 Å². The van der Waals surface area contributed by atoms with Gasteiger partial charge < -0.3 is 15.1 Å². The average molecular weight is 230 g/mol. The molecule has 5 nitrogen and oxygen atoms in total. The third-order valence-electron chi connectivity index (χ3n) is 3.33. The van der Waals surface area contributed by atoms with Crippen LogP contribution in [0.3, 0.4) is 0 Å². The number of carbonyl (C=O) groups is 1. The van der Waals surface area contributed by atoms with Crippen LogP contribution in [0.2, 0.25) is 0 Å². The lowest BCUT2D eigenvalue weighted by atomic mass is 9.96. The van der Waals surface area contributed by atoms with Crippen molar-refractivity contribution in [2.24, 2.45) is 0 Å². The molecule has 1 aliphatic rings. The van der Waals surface area contributed by atoms with Gasteiger partial charge in [-0.05, 0) is 27.7 Å². The number of nitrogens with zero attached hydrogens (tertiary/aromatic N) is 2. The largest absolute Gasteiger partial charge is 0.465 e. The lowest BCUT2D eigenvalue weighted by molar-refractivity contribution is -0.0378. The van der Waals surface area contributed by atoms with Crippen LogP contribution >= 0.6 is 0 Å². The van der Waals surface area contributed by atoms with Crippen molar-refractivity contribution in [3.8, 4) is 0 Å². The van der Waals surface area contributed by atoms with E-state index in [-0.39, 0.29) is 24.2 Å². The molecule has 0 aliphatic carbocycles. The third-order valence-corrected chi connectivity index (χ3v) is 3.33. The maximum Gasteiger partial charge on any atom is 0.407 e. The molecule has 1 fully saturated rings. The number of hydrogen-bond acceptors (Lipinski definition) is 3. The van der Waals surface area contributed by atoms with Crippen LogP contribution in [-0.4, -0.2) is 63.4 Å². The van der Waals surface area contributed by atoms with Crippen molar-refractivity contribution in [3.05, 3.63) is 0 Å². The Morgan fingerprint density at radius 2 is 1.94 bits per heavy atom. The maximum absolute atomic E-state index is 11.0. The number of aliphatic hydroxyl groups excluding tert-OH is 1. The average Bonchev–Trinajstić information content (AvgIpc) is 2.15. The number of hydrogen-bond donors (Lipinski definition) is 2. The molecule has 2 atom stereocenters. The van der Waals surface area contributed by atoms with Crippen molar-refractivity contribution in [2.75, 3.05) is 19.7 Å². The minimum absolute atomic E-state index is 0.0117. The van der Waals surface area contributed by atoms with Gasteiger partial charge in [0, 0.05) is 18.6 Å². The van der Waals surface area contributed by atoms with Gasteiger partial charge in [0.1, 0.15) is 0 Å². The van der Waals surface area contributed by atoms with E-state index in [0.717, 1.165) is 0 Å². The minimum atomic E-state index is -0.903. The molecule has 1 amide bonds. The van der Waals surface area contributed by atoms with Crippen LogP contribution in [0.25, 0.3) is 0 Å². The molecule has 0 spiro atoms. The predicted molar refractivity (Wildman–Crippen MR) is 61.5 cm³/mol. The van der Waals surface area contributed by atoms with E-state index in [9.17, 15) is 9.90 Å². The summed E-state index contributed by atoms with van der Waals surface area (Å²) >= 11 is 0. The Morgan fingerprint density at radius 3 is 2.31 bits per heavy atom. The summed E-state index contributed by atoms with van der Waals surface area (Å²) in [5, 5.41) is 18.5. The molecule has 0 aromatic carbocycles. The lowest BCUT2D eigenvalue weighted by Gasteiger charge is -2.50. The molecule has 0 aromatic heterocycles. The van der Waals surface area contributed by atoms with Crippen LogP contribution in [0.1, 0.15) is 27.7 Å². The van der Waals surface area contributed by atoms with Crippen LogP contribution in [-0.2, 0) is 0 Å². The molecule has 1 aliphatic heterocycles. The van der Waals surface area contributed by atoms with Gasteiger partial charge in [-0.25, -0.2) is 4.79 Å². The van der Waals surface area contributed by atoms with Gasteiger partial charge in [0.2, 0.25) is 0 Å². The zero-order chi connectivity index (χ0) is 12.5. The fourth-order valence-corrected chi connectivity index (χ4v) is 2.41. The highest BCUT2D eigenvalue weighted by Gasteiger charge is 2.39.